The van der Waals surface area contributed by atoms with Gasteiger partial charge in [0, 0.05) is 0 Å². The number of aryl methyl sites for hydroxylation is 1. The van der Waals surface area contributed by atoms with Crippen LogP contribution in [0.4, 0.5) is 0 Å². The number of quaternary nitrogens is 1. The van der Waals surface area contributed by atoms with E-state index in [9.17, 15) is 13.0 Å². The molecule has 0 radical (unpaired) electrons. The van der Waals surface area contributed by atoms with Crippen LogP contribution in [-0.2, 0) is 10.1 Å². The molecular weight excluding hydrogens is 302 g/mol. The zero-order valence-electron chi connectivity index (χ0n) is 14.1. The Morgan fingerprint density at radius 1 is 1.09 bits per heavy atom. The van der Waals surface area contributed by atoms with Gasteiger partial charge in [-0.2, -0.15) is 0 Å². The van der Waals surface area contributed by atoms with Gasteiger partial charge in [0.05, 0.1) is 25.5 Å². The smallest absolute Gasteiger partial charge is 0.179 e. The molecule has 0 amide bonds. The Bertz CT molecular complexity index is 509. The molecule has 0 spiro atoms. The van der Waals surface area contributed by atoms with Gasteiger partial charge in [-0.25, -0.2) is 8.42 Å². The summed E-state index contributed by atoms with van der Waals surface area (Å²) in [6.45, 7) is 5.38. The summed E-state index contributed by atoms with van der Waals surface area (Å²) in [4.78, 5) is -0.178. The van der Waals surface area contributed by atoms with Gasteiger partial charge in [-0.15, -0.1) is 0 Å². The van der Waals surface area contributed by atoms with Crippen molar-refractivity contribution in [1.29, 1.82) is 0 Å². The third-order valence-corrected chi connectivity index (χ3v) is 4.16. The van der Waals surface area contributed by atoms with Gasteiger partial charge in [0.1, 0.15) is 10.1 Å². The quantitative estimate of drug-likeness (QED) is 0.360. The maximum absolute atomic E-state index is 10.4. The molecule has 0 fully saturated rings. The second kappa shape index (κ2) is 9.94. The number of hydrogen-bond acceptors (Lipinski definition) is 4. The van der Waals surface area contributed by atoms with Crippen molar-refractivity contribution < 1.29 is 22.6 Å². The number of aliphatic hydroxyl groups is 1. The molecule has 0 saturated carbocycles. The Balaban J connectivity index is 0.000000401. The Morgan fingerprint density at radius 2 is 1.64 bits per heavy atom. The second-order valence-electron chi connectivity index (χ2n) is 6.13. The van der Waals surface area contributed by atoms with Crippen LogP contribution in [-0.4, -0.2) is 49.9 Å². The minimum Gasteiger partial charge on any atom is -0.744 e. The molecule has 0 saturated heterocycles. The molecule has 1 rings (SSSR count). The van der Waals surface area contributed by atoms with Gasteiger partial charge < -0.3 is 14.1 Å². The summed E-state index contributed by atoms with van der Waals surface area (Å²) in [7, 11) is -0.147. The first-order valence-corrected chi connectivity index (χ1v) is 8.98. The van der Waals surface area contributed by atoms with Gasteiger partial charge in [0.15, 0.2) is 6.73 Å². The molecule has 6 heteroatoms. The van der Waals surface area contributed by atoms with Crippen LogP contribution in [0.15, 0.2) is 29.2 Å². The third kappa shape index (κ3) is 9.89. The van der Waals surface area contributed by atoms with E-state index in [4.69, 9.17) is 5.11 Å². The van der Waals surface area contributed by atoms with Crippen LogP contribution >= 0.6 is 0 Å². The van der Waals surface area contributed by atoms with Crippen molar-refractivity contribution in [3.63, 3.8) is 0 Å². The Hall–Kier alpha value is -0.950. The predicted molar refractivity (Wildman–Crippen MR) is 87.3 cm³/mol. The summed E-state index contributed by atoms with van der Waals surface area (Å²) < 4.78 is 31.9. The van der Waals surface area contributed by atoms with Crippen LogP contribution in [0.2, 0.25) is 0 Å². The van der Waals surface area contributed by atoms with Crippen molar-refractivity contribution in [2.24, 2.45) is 0 Å². The number of rotatable bonds is 7. The first-order valence-electron chi connectivity index (χ1n) is 7.58. The molecule has 128 valence electrons. The molecule has 0 aliphatic rings. The molecular formula is C16H29NO4S. The largest absolute Gasteiger partial charge is 0.744 e. The highest BCUT2D eigenvalue weighted by molar-refractivity contribution is 7.85. The molecule has 22 heavy (non-hydrogen) atoms. The van der Waals surface area contributed by atoms with E-state index in [0.717, 1.165) is 16.6 Å². The fourth-order valence-electron chi connectivity index (χ4n) is 1.74. The molecule has 0 aliphatic carbocycles. The average molecular weight is 331 g/mol. The number of unbranched alkanes of at least 4 members (excludes halogenated alkanes) is 3. The van der Waals surface area contributed by atoms with E-state index in [2.05, 4.69) is 21.0 Å². The molecule has 0 aromatic heterocycles. The summed E-state index contributed by atoms with van der Waals surface area (Å²) in [5.41, 5.74) is 0.928. The lowest BCUT2D eigenvalue weighted by Gasteiger charge is -2.26. The standard InChI is InChI=1S/C9H22NO.C7H8O3S/c1-4-5-6-7-8-10(2,3)9-11;1-6-2-4-7(5-3-6)11(8,9)10/h11H,4-9H2,1-3H3;2-5H,1H3,(H,8,9,10)/q+1;/p-1. The highest BCUT2D eigenvalue weighted by Crippen LogP contribution is 2.08. The normalized spacial score (nSPS) is 11.7. The number of benzene rings is 1. The monoisotopic (exact) mass is 331 g/mol. The van der Waals surface area contributed by atoms with E-state index in [0.29, 0.717) is 0 Å². The second-order valence-corrected chi connectivity index (χ2v) is 7.51. The number of hydrogen-bond donors (Lipinski definition) is 1. The zero-order valence-corrected chi connectivity index (χ0v) is 14.9. The van der Waals surface area contributed by atoms with Crippen molar-refractivity contribution in [2.45, 2.75) is 44.4 Å². The highest BCUT2D eigenvalue weighted by Gasteiger charge is 2.10. The maximum atomic E-state index is 10.4. The number of nitrogens with zero attached hydrogens (tertiary/aromatic N) is 1. The van der Waals surface area contributed by atoms with Crippen LogP contribution in [0.5, 0.6) is 0 Å². The van der Waals surface area contributed by atoms with Crippen molar-refractivity contribution in [3.05, 3.63) is 29.8 Å². The summed E-state index contributed by atoms with van der Waals surface area (Å²) in [6.07, 6.45) is 5.15. The fourth-order valence-corrected chi connectivity index (χ4v) is 2.21. The van der Waals surface area contributed by atoms with Gasteiger partial charge in [0.2, 0.25) is 0 Å². The molecule has 1 aromatic rings. The van der Waals surface area contributed by atoms with E-state index in [1.165, 1.54) is 37.8 Å². The molecule has 5 nitrogen and oxygen atoms in total. The van der Waals surface area contributed by atoms with Crippen molar-refractivity contribution in [2.75, 3.05) is 27.4 Å². The first kappa shape index (κ1) is 21.0. The van der Waals surface area contributed by atoms with Gasteiger partial charge >= 0.3 is 0 Å². The van der Waals surface area contributed by atoms with Crippen LogP contribution in [0.25, 0.3) is 0 Å². The lowest BCUT2D eigenvalue weighted by atomic mass is 10.2. The molecule has 0 bridgehead atoms. The molecule has 1 N–H and O–H groups in total. The Labute approximate surface area is 134 Å². The summed E-state index contributed by atoms with van der Waals surface area (Å²) in [5, 5.41) is 8.92. The maximum Gasteiger partial charge on any atom is 0.179 e. The predicted octanol–water partition coefficient (Wildman–Crippen LogP) is 2.49. The number of aliphatic hydroxyl groups excluding tert-OH is 1. The lowest BCUT2D eigenvalue weighted by molar-refractivity contribution is -0.909. The molecule has 0 heterocycles. The topological polar surface area (TPSA) is 77.4 Å². The van der Waals surface area contributed by atoms with Crippen molar-refractivity contribution in [1.82, 2.24) is 0 Å². The summed E-state index contributed by atoms with van der Waals surface area (Å²) in [6, 6.07) is 5.78. The van der Waals surface area contributed by atoms with Gasteiger partial charge in [0.25, 0.3) is 0 Å². The molecule has 0 aliphatic heterocycles. The van der Waals surface area contributed by atoms with E-state index in [1.54, 1.807) is 12.1 Å². The van der Waals surface area contributed by atoms with Crippen molar-refractivity contribution in [3.8, 4) is 0 Å². The van der Waals surface area contributed by atoms with Gasteiger partial charge in [-0.05, 0) is 31.9 Å². The van der Waals surface area contributed by atoms with Gasteiger partial charge in [-0.3, -0.25) is 0 Å². The minimum absolute atomic E-state index is 0.178. The van der Waals surface area contributed by atoms with Crippen LogP contribution in [0, 0.1) is 6.92 Å². The molecule has 1 aromatic carbocycles. The highest BCUT2D eigenvalue weighted by atomic mass is 32.2. The zero-order chi connectivity index (χ0) is 17.2. The van der Waals surface area contributed by atoms with E-state index in [-0.39, 0.29) is 11.6 Å². The minimum atomic E-state index is -4.27. The summed E-state index contributed by atoms with van der Waals surface area (Å²) in [5.74, 6) is 0. The average Bonchev–Trinajstić information content (AvgIpc) is 2.44. The third-order valence-electron chi connectivity index (χ3n) is 3.31. The van der Waals surface area contributed by atoms with Crippen LogP contribution in [0.1, 0.15) is 38.2 Å². The van der Waals surface area contributed by atoms with E-state index >= 15 is 0 Å². The Morgan fingerprint density at radius 3 is 2.05 bits per heavy atom. The SMILES string of the molecule is CCCCCC[N+](C)(C)CO.Cc1ccc(S(=O)(=O)[O-])cc1. The van der Waals surface area contributed by atoms with Gasteiger partial charge in [-0.1, -0.05) is 37.5 Å². The molecule has 0 unspecified atom stereocenters. The Kier molecular flexibility index (Phi) is 9.51. The van der Waals surface area contributed by atoms with Crippen LogP contribution < -0.4 is 0 Å². The van der Waals surface area contributed by atoms with Crippen LogP contribution in [0.3, 0.4) is 0 Å². The van der Waals surface area contributed by atoms with E-state index in [1.807, 2.05) is 6.92 Å². The van der Waals surface area contributed by atoms with Crippen molar-refractivity contribution >= 4 is 10.1 Å². The molecule has 0 atom stereocenters. The first-order chi connectivity index (χ1) is 10.1. The summed E-state index contributed by atoms with van der Waals surface area (Å²) >= 11 is 0. The lowest BCUT2D eigenvalue weighted by Crippen LogP contribution is -2.41. The van der Waals surface area contributed by atoms with E-state index < -0.39 is 10.1 Å². The fraction of sp³-hybridized carbons (Fsp3) is 0.625.